The van der Waals surface area contributed by atoms with Crippen LogP contribution in [0, 0.1) is 5.82 Å². The molecule has 1 aromatic heterocycles. The van der Waals surface area contributed by atoms with Crippen LogP contribution < -0.4 is 5.32 Å². The lowest BCUT2D eigenvalue weighted by Crippen LogP contribution is -2.14. The number of nitrogens with one attached hydrogen (secondary N) is 1. The molecule has 0 saturated heterocycles. The number of hydrogen-bond donors (Lipinski definition) is 1. The quantitative estimate of drug-likeness (QED) is 0.676. The molecular formula is C11H5Cl3FN3O. The number of carbonyl (C=O) groups excluding carboxylic acids is 1. The third-order valence-electron chi connectivity index (χ3n) is 2.11. The highest BCUT2D eigenvalue weighted by atomic mass is 35.5. The van der Waals surface area contributed by atoms with Gasteiger partial charge in [-0.05, 0) is 23.7 Å². The first kappa shape index (κ1) is 14.0. The average Bonchev–Trinajstić information content (AvgIpc) is 2.31. The Kier molecular flexibility index (Phi) is 4.19. The van der Waals surface area contributed by atoms with Crippen molar-refractivity contribution in [2.75, 3.05) is 5.32 Å². The van der Waals surface area contributed by atoms with Gasteiger partial charge in [-0.25, -0.2) is 14.4 Å². The largest absolute Gasteiger partial charge is 0.306 e. The first-order chi connectivity index (χ1) is 8.97. The Hall–Kier alpha value is -1.43. The second-order valence-corrected chi connectivity index (χ2v) is 4.50. The van der Waals surface area contributed by atoms with E-state index in [9.17, 15) is 9.18 Å². The van der Waals surface area contributed by atoms with Crippen LogP contribution in [-0.2, 0) is 0 Å². The van der Waals surface area contributed by atoms with Gasteiger partial charge in [0.05, 0.1) is 10.6 Å². The SMILES string of the molecule is O=C(Nc1cc(Cl)nc(Cl)n1)c1cccc(F)c1Cl. The first-order valence-corrected chi connectivity index (χ1v) is 6.06. The van der Waals surface area contributed by atoms with E-state index >= 15 is 0 Å². The van der Waals surface area contributed by atoms with Crippen molar-refractivity contribution >= 4 is 46.5 Å². The van der Waals surface area contributed by atoms with E-state index in [4.69, 9.17) is 34.8 Å². The molecule has 98 valence electrons. The maximum absolute atomic E-state index is 13.2. The number of halogens is 4. The third-order valence-corrected chi connectivity index (χ3v) is 2.85. The van der Waals surface area contributed by atoms with Gasteiger partial charge in [-0.3, -0.25) is 4.79 Å². The van der Waals surface area contributed by atoms with Gasteiger partial charge in [-0.15, -0.1) is 0 Å². The second kappa shape index (κ2) is 5.69. The van der Waals surface area contributed by atoms with Crippen molar-refractivity contribution in [2.24, 2.45) is 0 Å². The van der Waals surface area contributed by atoms with E-state index in [1.54, 1.807) is 0 Å². The summed E-state index contributed by atoms with van der Waals surface area (Å²) >= 11 is 17.0. The van der Waals surface area contributed by atoms with Crippen LogP contribution in [0.15, 0.2) is 24.3 Å². The zero-order valence-corrected chi connectivity index (χ0v) is 11.4. The molecule has 8 heteroatoms. The Morgan fingerprint density at radius 3 is 2.63 bits per heavy atom. The molecule has 1 amide bonds. The molecule has 1 heterocycles. The number of hydrogen-bond acceptors (Lipinski definition) is 3. The van der Waals surface area contributed by atoms with Crippen LogP contribution in [0.2, 0.25) is 15.5 Å². The van der Waals surface area contributed by atoms with Gasteiger partial charge < -0.3 is 5.32 Å². The summed E-state index contributed by atoms with van der Waals surface area (Å²) in [4.78, 5) is 19.3. The molecule has 0 aliphatic carbocycles. The van der Waals surface area contributed by atoms with Crippen LogP contribution in [-0.4, -0.2) is 15.9 Å². The highest BCUT2D eigenvalue weighted by molar-refractivity contribution is 6.34. The summed E-state index contributed by atoms with van der Waals surface area (Å²) in [6.07, 6.45) is 0. The fourth-order valence-corrected chi connectivity index (χ4v) is 1.94. The van der Waals surface area contributed by atoms with Crippen molar-refractivity contribution in [1.29, 1.82) is 0 Å². The molecule has 0 saturated carbocycles. The van der Waals surface area contributed by atoms with E-state index in [-0.39, 0.29) is 26.8 Å². The lowest BCUT2D eigenvalue weighted by atomic mass is 10.2. The van der Waals surface area contributed by atoms with Crippen molar-refractivity contribution in [3.8, 4) is 0 Å². The fourth-order valence-electron chi connectivity index (χ4n) is 1.32. The number of aromatic nitrogens is 2. The summed E-state index contributed by atoms with van der Waals surface area (Å²) in [6, 6.07) is 5.21. The highest BCUT2D eigenvalue weighted by Crippen LogP contribution is 2.21. The Labute approximate surface area is 122 Å². The molecule has 0 aliphatic heterocycles. The number of carbonyl (C=O) groups is 1. The average molecular weight is 321 g/mol. The summed E-state index contributed by atoms with van der Waals surface area (Å²) in [5, 5.41) is 2.08. The van der Waals surface area contributed by atoms with Gasteiger partial charge in [0, 0.05) is 6.07 Å². The molecule has 2 aromatic rings. The number of benzene rings is 1. The molecule has 4 nitrogen and oxygen atoms in total. The monoisotopic (exact) mass is 319 g/mol. The lowest BCUT2D eigenvalue weighted by Gasteiger charge is -2.06. The second-order valence-electron chi connectivity index (χ2n) is 3.40. The summed E-state index contributed by atoms with van der Waals surface area (Å²) in [5.41, 5.74) is -0.0208. The minimum Gasteiger partial charge on any atom is -0.306 e. The van der Waals surface area contributed by atoms with Crippen molar-refractivity contribution in [1.82, 2.24) is 9.97 Å². The van der Waals surface area contributed by atoms with E-state index in [1.165, 1.54) is 18.2 Å². The summed E-state index contributed by atoms with van der Waals surface area (Å²) in [5.74, 6) is -1.22. The van der Waals surface area contributed by atoms with E-state index in [1.807, 2.05) is 0 Å². The predicted molar refractivity (Wildman–Crippen MR) is 71.4 cm³/mol. The zero-order chi connectivity index (χ0) is 14.0. The molecule has 0 bridgehead atoms. The first-order valence-electron chi connectivity index (χ1n) is 4.93. The summed E-state index contributed by atoms with van der Waals surface area (Å²) in [6.45, 7) is 0. The normalized spacial score (nSPS) is 10.3. The highest BCUT2D eigenvalue weighted by Gasteiger charge is 2.14. The Bertz CT molecular complexity index is 631. The van der Waals surface area contributed by atoms with Gasteiger partial charge in [0.25, 0.3) is 5.91 Å². The minimum atomic E-state index is -0.687. The molecule has 19 heavy (non-hydrogen) atoms. The standard InChI is InChI=1S/C11H5Cl3FN3O/c12-7-4-8(18-11(14)16-7)17-10(19)5-2-1-3-6(15)9(5)13/h1-4H,(H,16,17,18,19). The van der Waals surface area contributed by atoms with Gasteiger partial charge in [0.1, 0.15) is 16.8 Å². The molecule has 1 aromatic carbocycles. The van der Waals surface area contributed by atoms with Crippen molar-refractivity contribution < 1.29 is 9.18 Å². The Morgan fingerprint density at radius 2 is 1.95 bits per heavy atom. The van der Waals surface area contributed by atoms with Gasteiger partial charge in [0.15, 0.2) is 0 Å². The van der Waals surface area contributed by atoms with Crippen LogP contribution in [0.5, 0.6) is 0 Å². The number of rotatable bonds is 2. The van der Waals surface area contributed by atoms with Gasteiger partial charge in [-0.1, -0.05) is 29.3 Å². The van der Waals surface area contributed by atoms with Gasteiger partial charge >= 0.3 is 0 Å². The van der Waals surface area contributed by atoms with Crippen molar-refractivity contribution in [3.05, 3.63) is 51.1 Å². The van der Waals surface area contributed by atoms with Gasteiger partial charge in [0.2, 0.25) is 5.28 Å². The van der Waals surface area contributed by atoms with E-state index in [0.29, 0.717) is 0 Å². The van der Waals surface area contributed by atoms with Crippen molar-refractivity contribution in [3.63, 3.8) is 0 Å². The van der Waals surface area contributed by atoms with Crippen LogP contribution in [0.25, 0.3) is 0 Å². The molecule has 0 unspecified atom stereocenters. The van der Waals surface area contributed by atoms with Gasteiger partial charge in [-0.2, -0.15) is 0 Å². The number of anilines is 1. The van der Waals surface area contributed by atoms with E-state index in [2.05, 4.69) is 15.3 Å². The molecule has 0 fully saturated rings. The summed E-state index contributed by atoms with van der Waals surface area (Å²) < 4.78 is 13.2. The number of nitrogens with zero attached hydrogens (tertiary/aromatic N) is 2. The molecule has 0 spiro atoms. The van der Waals surface area contributed by atoms with Crippen LogP contribution in [0.1, 0.15) is 10.4 Å². The minimum absolute atomic E-state index is 0.0208. The van der Waals surface area contributed by atoms with Crippen LogP contribution in [0.4, 0.5) is 10.2 Å². The smallest absolute Gasteiger partial charge is 0.258 e. The molecule has 0 aliphatic rings. The molecule has 2 rings (SSSR count). The van der Waals surface area contributed by atoms with E-state index < -0.39 is 11.7 Å². The maximum Gasteiger partial charge on any atom is 0.258 e. The maximum atomic E-state index is 13.2. The topological polar surface area (TPSA) is 54.9 Å². The predicted octanol–water partition coefficient (Wildman–Crippen LogP) is 3.83. The van der Waals surface area contributed by atoms with Crippen molar-refractivity contribution in [2.45, 2.75) is 0 Å². The van der Waals surface area contributed by atoms with Crippen LogP contribution >= 0.6 is 34.8 Å². The fraction of sp³-hybridized carbons (Fsp3) is 0. The Balaban J connectivity index is 2.28. The molecule has 0 radical (unpaired) electrons. The molecular weight excluding hydrogens is 315 g/mol. The summed E-state index contributed by atoms with van der Waals surface area (Å²) in [7, 11) is 0. The third kappa shape index (κ3) is 3.32. The van der Waals surface area contributed by atoms with E-state index in [0.717, 1.165) is 6.07 Å². The number of amides is 1. The van der Waals surface area contributed by atoms with Crippen LogP contribution in [0.3, 0.4) is 0 Å². The molecule has 0 atom stereocenters. The lowest BCUT2D eigenvalue weighted by molar-refractivity contribution is 0.102. The zero-order valence-electron chi connectivity index (χ0n) is 9.12. The Morgan fingerprint density at radius 1 is 1.21 bits per heavy atom. The molecule has 1 N–H and O–H groups in total.